The van der Waals surface area contributed by atoms with Crippen molar-refractivity contribution in [2.75, 3.05) is 27.3 Å². The Morgan fingerprint density at radius 2 is 1.67 bits per heavy atom. The third-order valence-corrected chi connectivity index (χ3v) is 6.20. The maximum absolute atomic E-state index is 6.46. The lowest BCUT2D eigenvalue weighted by molar-refractivity contribution is -0.00461. The first-order valence-corrected chi connectivity index (χ1v) is 8.48. The molecule has 0 aromatic carbocycles. The highest BCUT2D eigenvalue weighted by Crippen LogP contribution is 2.42. The summed E-state index contributed by atoms with van der Waals surface area (Å²) in [6.45, 7) is 9.03. The van der Waals surface area contributed by atoms with Crippen LogP contribution in [0.2, 0.25) is 0 Å². The molecule has 0 bridgehead atoms. The average Bonchev–Trinajstić information content (AvgIpc) is 2.90. The van der Waals surface area contributed by atoms with Crippen LogP contribution in [0.1, 0.15) is 46.5 Å². The number of rotatable bonds is 5. The number of ether oxygens (including phenoxy) is 2. The van der Waals surface area contributed by atoms with Crippen molar-refractivity contribution in [3.63, 3.8) is 0 Å². The van der Waals surface area contributed by atoms with Crippen molar-refractivity contribution in [1.82, 2.24) is 4.90 Å². The highest BCUT2D eigenvalue weighted by molar-refractivity contribution is 4.98. The van der Waals surface area contributed by atoms with E-state index in [0.29, 0.717) is 17.5 Å². The molecule has 0 amide bonds. The Morgan fingerprint density at radius 3 is 2.14 bits per heavy atom. The van der Waals surface area contributed by atoms with E-state index in [-0.39, 0.29) is 12.2 Å². The fourth-order valence-corrected chi connectivity index (χ4v) is 4.08. The van der Waals surface area contributed by atoms with Gasteiger partial charge in [-0.15, -0.1) is 0 Å². The van der Waals surface area contributed by atoms with Gasteiger partial charge in [-0.25, -0.2) is 0 Å². The molecule has 21 heavy (non-hydrogen) atoms. The van der Waals surface area contributed by atoms with Crippen molar-refractivity contribution in [1.29, 1.82) is 0 Å². The first kappa shape index (κ1) is 17.2. The number of hydrogen-bond acceptors (Lipinski definition) is 4. The molecule has 0 spiro atoms. The van der Waals surface area contributed by atoms with Gasteiger partial charge in [0.05, 0.1) is 12.2 Å². The van der Waals surface area contributed by atoms with Crippen molar-refractivity contribution in [2.24, 2.45) is 17.1 Å². The molecule has 124 valence electrons. The Morgan fingerprint density at radius 1 is 1.10 bits per heavy atom. The fourth-order valence-electron chi connectivity index (χ4n) is 4.08. The van der Waals surface area contributed by atoms with Crippen molar-refractivity contribution in [2.45, 2.75) is 70.7 Å². The number of methoxy groups -OCH3 is 2. The van der Waals surface area contributed by atoms with Crippen molar-refractivity contribution < 1.29 is 9.47 Å². The largest absolute Gasteiger partial charge is 0.377 e. The van der Waals surface area contributed by atoms with Gasteiger partial charge >= 0.3 is 0 Å². The predicted molar refractivity (Wildman–Crippen MR) is 86.3 cm³/mol. The molecule has 1 aliphatic carbocycles. The lowest BCUT2D eigenvalue weighted by atomic mass is 9.67. The first-order chi connectivity index (χ1) is 9.92. The van der Waals surface area contributed by atoms with Gasteiger partial charge in [-0.05, 0) is 30.6 Å². The third kappa shape index (κ3) is 3.61. The Hall–Kier alpha value is -0.160. The summed E-state index contributed by atoms with van der Waals surface area (Å²) in [5, 5.41) is 0. The molecule has 0 aromatic heterocycles. The van der Waals surface area contributed by atoms with E-state index < -0.39 is 0 Å². The van der Waals surface area contributed by atoms with E-state index in [1.54, 1.807) is 14.2 Å². The maximum atomic E-state index is 6.46. The Bertz CT molecular complexity index is 323. The molecule has 2 fully saturated rings. The van der Waals surface area contributed by atoms with Crippen LogP contribution in [0, 0.1) is 11.3 Å². The fraction of sp³-hybridized carbons (Fsp3) is 1.00. The second-order valence-electron chi connectivity index (χ2n) is 7.59. The van der Waals surface area contributed by atoms with Gasteiger partial charge in [-0.3, -0.25) is 4.90 Å². The first-order valence-electron chi connectivity index (χ1n) is 8.48. The van der Waals surface area contributed by atoms with Crippen molar-refractivity contribution in [3.8, 4) is 0 Å². The van der Waals surface area contributed by atoms with Crippen LogP contribution in [0.3, 0.4) is 0 Å². The van der Waals surface area contributed by atoms with E-state index in [0.717, 1.165) is 25.4 Å². The summed E-state index contributed by atoms with van der Waals surface area (Å²) in [6.07, 6.45) is 5.23. The highest BCUT2D eigenvalue weighted by Gasteiger charge is 2.43. The summed E-state index contributed by atoms with van der Waals surface area (Å²) in [5.74, 6) is 0.773. The van der Waals surface area contributed by atoms with Gasteiger partial charge in [0.1, 0.15) is 0 Å². The predicted octanol–water partition coefficient (Wildman–Crippen LogP) is 2.26. The van der Waals surface area contributed by atoms with Gasteiger partial charge in [0.2, 0.25) is 0 Å². The molecule has 2 N–H and O–H groups in total. The van der Waals surface area contributed by atoms with Crippen LogP contribution in [0.4, 0.5) is 0 Å². The Labute approximate surface area is 130 Å². The minimum Gasteiger partial charge on any atom is -0.377 e. The van der Waals surface area contributed by atoms with Gasteiger partial charge in [-0.2, -0.15) is 0 Å². The lowest BCUT2D eigenvalue weighted by Gasteiger charge is -2.45. The standard InChI is InChI=1S/C17H34N2O2/c1-6-17(2,3)12-7-8-13(18)14(9-12)19-10-15(20-4)16(11-19)21-5/h12-16H,6-11,18H2,1-5H3. The second kappa shape index (κ2) is 6.95. The van der Waals surface area contributed by atoms with Crippen LogP contribution in [-0.2, 0) is 9.47 Å². The summed E-state index contributed by atoms with van der Waals surface area (Å²) >= 11 is 0. The van der Waals surface area contributed by atoms with E-state index in [1.165, 1.54) is 19.3 Å². The van der Waals surface area contributed by atoms with Crippen LogP contribution in [0.5, 0.6) is 0 Å². The molecule has 5 atom stereocenters. The molecule has 0 aromatic rings. The van der Waals surface area contributed by atoms with Gasteiger partial charge < -0.3 is 15.2 Å². The molecular weight excluding hydrogens is 264 g/mol. The maximum Gasteiger partial charge on any atom is 0.0971 e. The van der Waals surface area contributed by atoms with Crippen LogP contribution in [0.25, 0.3) is 0 Å². The Kier molecular flexibility index (Phi) is 5.69. The summed E-state index contributed by atoms with van der Waals surface area (Å²) < 4.78 is 11.2. The molecule has 1 aliphatic heterocycles. The van der Waals surface area contributed by atoms with Crippen LogP contribution in [0.15, 0.2) is 0 Å². The normalized spacial score (nSPS) is 38.9. The third-order valence-electron chi connectivity index (χ3n) is 6.20. The molecule has 1 heterocycles. The number of nitrogens with two attached hydrogens (primary N) is 1. The molecule has 2 aliphatic rings. The molecular formula is C17H34N2O2. The van der Waals surface area contributed by atoms with Gasteiger partial charge in [0, 0.05) is 39.4 Å². The quantitative estimate of drug-likeness (QED) is 0.846. The van der Waals surface area contributed by atoms with Crippen LogP contribution in [-0.4, -0.2) is 56.5 Å². The summed E-state index contributed by atoms with van der Waals surface area (Å²) in [4.78, 5) is 2.52. The van der Waals surface area contributed by atoms with E-state index >= 15 is 0 Å². The van der Waals surface area contributed by atoms with E-state index in [9.17, 15) is 0 Å². The van der Waals surface area contributed by atoms with Gasteiger partial charge in [-0.1, -0.05) is 27.2 Å². The number of likely N-dealkylation sites (tertiary alicyclic amines) is 1. The lowest BCUT2D eigenvalue weighted by Crippen LogP contribution is -2.52. The van der Waals surface area contributed by atoms with Crippen LogP contribution >= 0.6 is 0 Å². The second-order valence-corrected chi connectivity index (χ2v) is 7.59. The summed E-state index contributed by atoms with van der Waals surface area (Å²) in [6, 6.07) is 0.773. The van der Waals surface area contributed by atoms with Crippen molar-refractivity contribution >= 4 is 0 Å². The minimum absolute atomic E-state index is 0.182. The Balaban J connectivity index is 2.04. The smallest absolute Gasteiger partial charge is 0.0971 e. The summed E-state index contributed by atoms with van der Waals surface area (Å²) in [7, 11) is 3.56. The van der Waals surface area contributed by atoms with Gasteiger partial charge in [0.25, 0.3) is 0 Å². The number of nitrogens with zero attached hydrogens (tertiary/aromatic N) is 1. The molecule has 1 saturated heterocycles. The van der Waals surface area contributed by atoms with Crippen molar-refractivity contribution in [3.05, 3.63) is 0 Å². The van der Waals surface area contributed by atoms with Gasteiger partial charge in [0.15, 0.2) is 0 Å². The molecule has 4 heteroatoms. The SMILES string of the molecule is CCC(C)(C)C1CCC(N)C(N2CC(OC)C(OC)C2)C1. The average molecular weight is 298 g/mol. The molecule has 5 unspecified atom stereocenters. The van der Waals surface area contributed by atoms with E-state index in [1.807, 2.05) is 0 Å². The zero-order valence-corrected chi connectivity index (χ0v) is 14.5. The van der Waals surface area contributed by atoms with E-state index in [2.05, 4.69) is 25.7 Å². The monoisotopic (exact) mass is 298 g/mol. The molecule has 1 saturated carbocycles. The molecule has 4 nitrogen and oxygen atoms in total. The zero-order valence-electron chi connectivity index (χ0n) is 14.5. The number of hydrogen-bond donors (Lipinski definition) is 1. The summed E-state index contributed by atoms with van der Waals surface area (Å²) in [5.41, 5.74) is 6.87. The topological polar surface area (TPSA) is 47.7 Å². The highest BCUT2D eigenvalue weighted by atomic mass is 16.5. The molecule has 2 rings (SSSR count). The van der Waals surface area contributed by atoms with Crippen LogP contribution < -0.4 is 5.73 Å². The zero-order chi connectivity index (χ0) is 15.6. The van der Waals surface area contributed by atoms with E-state index in [4.69, 9.17) is 15.2 Å². The minimum atomic E-state index is 0.182. The molecule has 0 radical (unpaired) electrons.